The maximum Gasteiger partial charge on any atom is 0.272 e. The average molecular weight is 362 g/mol. The van der Waals surface area contributed by atoms with E-state index in [1.807, 2.05) is 32.9 Å². The minimum atomic E-state index is -3.81. The highest BCUT2D eigenvalue weighted by Crippen LogP contribution is 2.16. The van der Waals surface area contributed by atoms with Crippen molar-refractivity contribution in [3.05, 3.63) is 59.2 Å². The number of nitrogens with one attached hydrogen (secondary N) is 2. The molecule has 0 fully saturated rings. The molecule has 0 aromatic heterocycles. The van der Waals surface area contributed by atoms with E-state index in [4.69, 9.17) is 4.74 Å². The Kier molecular flexibility index (Phi) is 6.17. The smallest absolute Gasteiger partial charge is 0.272 e. The Morgan fingerprint density at radius 2 is 1.72 bits per heavy atom. The van der Waals surface area contributed by atoms with Gasteiger partial charge in [0.25, 0.3) is 15.9 Å². The fourth-order valence-corrected chi connectivity index (χ4v) is 2.94. The minimum Gasteiger partial charge on any atom is -0.484 e. The first-order chi connectivity index (χ1) is 11.8. The predicted octanol–water partition coefficient (Wildman–Crippen LogP) is 2.25. The first kappa shape index (κ1) is 19.0. The lowest BCUT2D eigenvalue weighted by molar-refractivity contribution is -0.123. The van der Waals surface area contributed by atoms with Crippen LogP contribution in [0.5, 0.6) is 5.75 Å². The van der Waals surface area contributed by atoms with Gasteiger partial charge < -0.3 is 4.74 Å². The van der Waals surface area contributed by atoms with Crippen LogP contribution in [0.2, 0.25) is 0 Å². The van der Waals surface area contributed by atoms with Gasteiger partial charge in [-0.25, -0.2) is 8.42 Å². The SMILES string of the molecule is CCc1ccc(S(=O)(=O)NNC(=O)COc2ccc(C)c(C)c2)cc1. The van der Waals surface area contributed by atoms with E-state index in [-0.39, 0.29) is 11.5 Å². The van der Waals surface area contributed by atoms with E-state index in [1.165, 1.54) is 12.1 Å². The molecule has 2 rings (SSSR count). The van der Waals surface area contributed by atoms with Crippen LogP contribution in [0.3, 0.4) is 0 Å². The number of carbonyl (C=O) groups excluding carboxylic acids is 1. The normalized spacial score (nSPS) is 11.2. The van der Waals surface area contributed by atoms with E-state index in [2.05, 4.69) is 10.3 Å². The number of hydrazine groups is 1. The molecule has 0 aliphatic heterocycles. The van der Waals surface area contributed by atoms with Crippen LogP contribution >= 0.6 is 0 Å². The van der Waals surface area contributed by atoms with Gasteiger partial charge in [-0.3, -0.25) is 10.2 Å². The highest BCUT2D eigenvalue weighted by atomic mass is 32.2. The molecule has 2 aromatic carbocycles. The molecule has 0 saturated carbocycles. The summed E-state index contributed by atoms with van der Waals surface area (Å²) in [4.78, 5) is 13.9. The van der Waals surface area contributed by atoms with Crippen LogP contribution in [0, 0.1) is 13.8 Å². The van der Waals surface area contributed by atoms with Gasteiger partial charge >= 0.3 is 0 Å². The molecule has 2 N–H and O–H groups in total. The molecule has 0 unspecified atom stereocenters. The van der Waals surface area contributed by atoms with Gasteiger partial charge in [0, 0.05) is 0 Å². The molecule has 0 radical (unpaired) electrons. The maximum absolute atomic E-state index is 12.1. The van der Waals surface area contributed by atoms with Gasteiger partial charge in [-0.2, -0.15) is 0 Å². The summed E-state index contributed by atoms with van der Waals surface area (Å²) < 4.78 is 29.6. The topological polar surface area (TPSA) is 84.5 Å². The summed E-state index contributed by atoms with van der Waals surface area (Å²) in [6, 6.07) is 11.9. The predicted molar refractivity (Wildman–Crippen MR) is 95.7 cm³/mol. The highest BCUT2D eigenvalue weighted by molar-refractivity contribution is 7.89. The quantitative estimate of drug-likeness (QED) is 0.740. The summed E-state index contributed by atoms with van der Waals surface area (Å²) in [5.74, 6) is -0.0387. The number of sulfonamides is 1. The van der Waals surface area contributed by atoms with Crippen molar-refractivity contribution in [3.63, 3.8) is 0 Å². The second-order valence-electron chi connectivity index (χ2n) is 5.69. The Balaban J connectivity index is 1.88. The molecule has 0 spiro atoms. The molecule has 25 heavy (non-hydrogen) atoms. The third-order valence-electron chi connectivity index (χ3n) is 3.82. The molecular formula is C18H22N2O4S. The van der Waals surface area contributed by atoms with E-state index >= 15 is 0 Å². The van der Waals surface area contributed by atoms with Crippen molar-refractivity contribution in [1.82, 2.24) is 10.3 Å². The first-order valence-electron chi connectivity index (χ1n) is 7.91. The summed E-state index contributed by atoms with van der Waals surface area (Å²) in [5.41, 5.74) is 5.35. The number of rotatable bonds is 7. The Labute approximate surface area is 148 Å². The number of amides is 1. The lowest BCUT2D eigenvalue weighted by Crippen LogP contribution is -2.43. The van der Waals surface area contributed by atoms with Gasteiger partial charge in [-0.05, 0) is 61.2 Å². The fourth-order valence-electron chi connectivity index (χ4n) is 2.08. The number of hydrogen-bond acceptors (Lipinski definition) is 4. The van der Waals surface area contributed by atoms with E-state index in [0.717, 1.165) is 23.1 Å². The van der Waals surface area contributed by atoms with Crippen LogP contribution in [0.4, 0.5) is 0 Å². The van der Waals surface area contributed by atoms with Gasteiger partial charge in [-0.1, -0.05) is 25.1 Å². The number of benzene rings is 2. The van der Waals surface area contributed by atoms with E-state index < -0.39 is 15.9 Å². The van der Waals surface area contributed by atoms with Crippen molar-refractivity contribution in [2.75, 3.05) is 6.61 Å². The lowest BCUT2D eigenvalue weighted by atomic mass is 10.1. The third kappa shape index (κ3) is 5.30. The Morgan fingerprint density at radius 1 is 1.04 bits per heavy atom. The van der Waals surface area contributed by atoms with Crippen LogP contribution in [0.25, 0.3) is 0 Å². The van der Waals surface area contributed by atoms with Gasteiger partial charge in [0.05, 0.1) is 4.90 Å². The molecule has 1 amide bonds. The van der Waals surface area contributed by atoms with Crippen molar-refractivity contribution in [2.24, 2.45) is 0 Å². The largest absolute Gasteiger partial charge is 0.484 e. The van der Waals surface area contributed by atoms with Crippen LogP contribution < -0.4 is 15.0 Å². The van der Waals surface area contributed by atoms with Crippen LogP contribution in [0.15, 0.2) is 47.4 Å². The highest BCUT2D eigenvalue weighted by Gasteiger charge is 2.15. The number of carbonyl (C=O) groups is 1. The van der Waals surface area contributed by atoms with Crippen molar-refractivity contribution in [1.29, 1.82) is 0 Å². The molecule has 0 saturated heterocycles. The zero-order valence-electron chi connectivity index (χ0n) is 14.5. The Bertz CT molecular complexity index is 846. The lowest BCUT2D eigenvalue weighted by Gasteiger charge is -2.10. The summed E-state index contributed by atoms with van der Waals surface area (Å²) in [7, 11) is -3.81. The zero-order chi connectivity index (χ0) is 18.4. The average Bonchev–Trinajstić information content (AvgIpc) is 2.61. The number of aryl methyl sites for hydroxylation is 3. The monoisotopic (exact) mass is 362 g/mol. The first-order valence-corrected chi connectivity index (χ1v) is 9.40. The van der Waals surface area contributed by atoms with Gasteiger partial charge in [-0.15, -0.1) is 4.83 Å². The van der Waals surface area contributed by atoms with Crippen LogP contribution in [-0.2, 0) is 21.2 Å². The molecule has 0 aliphatic rings. The zero-order valence-corrected chi connectivity index (χ0v) is 15.3. The molecule has 2 aromatic rings. The molecule has 0 heterocycles. The second-order valence-corrected chi connectivity index (χ2v) is 7.37. The van der Waals surface area contributed by atoms with Gasteiger partial charge in [0.15, 0.2) is 6.61 Å². The molecule has 0 atom stereocenters. The number of ether oxygens (including phenoxy) is 1. The number of hydrogen-bond donors (Lipinski definition) is 2. The van der Waals surface area contributed by atoms with E-state index in [0.29, 0.717) is 5.75 Å². The molecule has 7 heteroatoms. The summed E-state index contributed by atoms with van der Waals surface area (Å²) in [6.45, 7) is 5.62. The van der Waals surface area contributed by atoms with Crippen molar-refractivity contribution in [3.8, 4) is 5.75 Å². The van der Waals surface area contributed by atoms with Crippen LogP contribution in [-0.4, -0.2) is 20.9 Å². The van der Waals surface area contributed by atoms with Crippen molar-refractivity contribution >= 4 is 15.9 Å². The standard InChI is InChI=1S/C18H22N2O4S/c1-4-15-6-9-17(10-7-15)25(22,23)20-19-18(21)12-24-16-8-5-13(2)14(3)11-16/h5-11,20H,4,12H2,1-3H3,(H,19,21). The van der Waals surface area contributed by atoms with E-state index in [9.17, 15) is 13.2 Å². The summed E-state index contributed by atoms with van der Waals surface area (Å²) in [5, 5.41) is 0. The molecule has 0 bridgehead atoms. The summed E-state index contributed by atoms with van der Waals surface area (Å²) >= 11 is 0. The van der Waals surface area contributed by atoms with E-state index in [1.54, 1.807) is 18.2 Å². The van der Waals surface area contributed by atoms with Gasteiger partial charge in [0.1, 0.15) is 5.75 Å². The maximum atomic E-state index is 12.1. The molecule has 134 valence electrons. The Hall–Kier alpha value is -2.38. The third-order valence-corrected chi connectivity index (χ3v) is 5.08. The summed E-state index contributed by atoms with van der Waals surface area (Å²) in [6.07, 6.45) is 0.820. The Morgan fingerprint density at radius 3 is 2.32 bits per heavy atom. The molecular weight excluding hydrogens is 340 g/mol. The van der Waals surface area contributed by atoms with Gasteiger partial charge in [0.2, 0.25) is 0 Å². The van der Waals surface area contributed by atoms with Crippen molar-refractivity contribution < 1.29 is 17.9 Å². The molecule has 6 nitrogen and oxygen atoms in total. The van der Waals surface area contributed by atoms with Crippen molar-refractivity contribution in [2.45, 2.75) is 32.1 Å². The minimum absolute atomic E-state index is 0.0834. The van der Waals surface area contributed by atoms with Crippen LogP contribution in [0.1, 0.15) is 23.6 Å². The fraction of sp³-hybridized carbons (Fsp3) is 0.278. The molecule has 0 aliphatic carbocycles. The second kappa shape index (κ2) is 8.13.